The molecular weight excluding hydrogens is 432 g/mol. The minimum atomic E-state index is -1.01. The molecule has 8 nitrogen and oxygen atoms in total. The lowest BCUT2D eigenvalue weighted by molar-refractivity contribution is -0.167. The fourth-order valence-corrected chi connectivity index (χ4v) is 6.89. The van der Waals surface area contributed by atoms with Crippen LogP contribution >= 0.6 is 0 Å². The van der Waals surface area contributed by atoms with Crippen LogP contribution < -0.4 is 4.90 Å². The number of amides is 2. The summed E-state index contributed by atoms with van der Waals surface area (Å²) in [7, 11) is 0. The van der Waals surface area contributed by atoms with Crippen molar-refractivity contribution in [3.8, 4) is 0 Å². The Kier molecular flexibility index (Phi) is 5.60. The van der Waals surface area contributed by atoms with E-state index in [1.54, 1.807) is 0 Å². The lowest BCUT2D eigenvalue weighted by atomic mass is 9.74. The van der Waals surface area contributed by atoms with Gasteiger partial charge in [0.1, 0.15) is 6.10 Å². The molecule has 1 aromatic heterocycles. The number of nitrogens with zero attached hydrogens (tertiary/aromatic N) is 4. The van der Waals surface area contributed by atoms with Crippen molar-refractivity contribution in [3.05, 3.63) is 24.3 Å². The lowest BCUT2D eigenvalue weighted by Gasteiger charge is -2.47. The number of aliphatic hydroxyl groups excluding tert-OH is 1. The number of piperazine rings is 1. The van der Waals surface area contributed by atoms with E-state index in [1.807, 2.05) is 18.2 Å². The number of likely N-dealkylation sites (tertiary alicyclic amines) is 1. The van der Waals surface area contributed by atoms with Gasteiger partial charge in [0, 0.05) is 50.6 Å². The topological polar surface area (TPSA) is 90.1 Å². The number of fused-ring (bicyclic) bond motifs is 2. The zero-order valence-corrected chi connectivity index (χ0v) is 19.7. The fourth-order valence-electron chi connectivity index (χ4n) is 6.89. The number of para-hydroxylation sites is 1. The van der Waals surface area contributed by atoms with E-state index in [2.05, 4.69) is 21.0 Å². The molecule has 0 radical (unpaired) electrons. The molecule has 1 aromatic carbocycles. The maximum Gasteiger partial charge on any atom is 0.258 e. The lowest BCUT2D eigenvalue weighted by Crippen LogP contribution is -2.58. The molecular formula is C26H34N4O4. The normalized spacial score (nSPS) is 29.9. The predicted octanol–water partition coefficient (Wildman–Crippen LogP) is 2.80. The second-order valence-corrected chi connectivity index (χ2v) is 10.9. The Balaban J connectivity index is 1.04. The van der Waals surface area contributed by atoms with Gasteiger partial charge in [-0.2, -0.15) is 0 Å². The van der Waals surface area contributed by atoms with Gasteiger partial charge in [-0.25, -0.2) is 0 Å². The molecule has 4 fully saturated rings. The monoisotopic (exact) mass is 466 g/mol. The van der Waals surface area contributed by atoms with Gasteiger partial charge < -0.3 is 14.5 Å². The number of hydrogen-bond acceptors (Lipinski definition) is 7. The van der Waals surface area contributed by atoms with Crippen molar-refractivity contribution in [1.82, 2.24) is 15.0 Å². The van der Waals surface area contributed by atoms with E-state index in [-0.39, 0.29) is 11.8 Å². The van der Waals surface area contributed by atoms with Crippen molar-refractivity contribution >= 4 is 28.6 Å². The molecule has 0 bridgehead atoms. The van der Waals surface area contributed by atoms with Crippen LogP contribution in [0.3, 0.4) is 0 Å². The van der Waals surface area contributed by atoms with Gasteiger partial charge in [0.05, 0.1) is 5.39 Å². The Labute approximate surface area is 199 Å². The van der Waals surface area contributed by atoms with Gasteiger partial charge in [0.15, 0.2) is 11.4 Å². The molecule has 3 unspecified atom stereocenters. The highest BCUT2D eigenvalue weighted by molar-refractivity contribution is 6.01. The number of aliphatic hydroxyl groups is 1. The maximum atomic E-state index is 12.9. The maximum absolute atomic E-state index is 12.9. The number of hydrogen-bond donors (Lipinski definition) is 1. The molecule has 1 aliphatic carbocycles. The van der Waals surface area contributed by atoms with Gasteiger partial charge in [-0.15, -0.1) is 0 Å². The van der Waals surface area contributed by atoms with Crippen LogP contribution in [0.4, 0.5) is 5.82 Å². The average Bonchev–Trinajstić information content (AvgIpc) is 3.50. The number of aromatic nitrogens is 1. The molecule has 6 rings (SSSR count). The van der Waals surface area contributed by atoms with Crippen molar-refractivity contribution in [2.45, 2.75) is 63.5 Å². The first-order chi connectivity index (χ1) is 16.5. The van der Waals surface area contributed by atoms with Crippen molar-refractivity contribution in [2.24, 2.45) is 11.3 Å². The predicted molar refractivity (Wildman–Crippen MR) is 127 cm³/mol. The van der Waals surface area contributed by atoms with Crippen molar-refractivity contribution < 1.29 is 19.2 Å². The summed E-state index contributed by atoms with van der Waals surface area (Å²) in [5.74, 6) is 0.966. The van der Waals surface area contributed by atoms with E-state index >= 15 is 0 Å². The third-order valence-corrected chi connectivity index (χ3v) is 8.91. The van der Waals surface area contributed by atoms with Crippen LogP contribution in [-0.2, 0) is 9.59 Å². The first-order valence-corrected chi connectivity index (χ1v) is 12.9. The Morgan fingerprint density at radius 1 is 1.09 bits per heavy atom. The summed E-state index contributed by atoms with van der Waals surface area (Å²) in [6, 6.07) is 8.50. The molecule has 2 aromatic rings. The molecule has 34 heavy (non-hydrogen) atoms. The van der Waals surface area contributed by atoms with Gasteiger partial charge in [-0.1, -0.05) is 30.1 Å². The molecule has 1 saturated carbocycles. The third kappa shape index (κ3) is 3.71. The number of rotatable bonds is 4. The number of piperidine rings is 2. The molecule has 1 spiro atoms. The number of imide groups is 1. The van der Waals surface area contributed by atoms with Gasteiger partial charge in [0.25, 0.3) is 5.91 Å². The van der Waals surface area contributed by atoms with Crippen LogP contribution in [0.1, 0.15) is 51.4 Å². The highest BCUT2D eigenvalue weighted by atomic mass is 16.5. The first kappa shape index (κ1) is 22.0. The summed E-state index contributed by atoms with van der Waals surface area (Å²) in [5.41, 5.74) is 0.340. The Hall–Kier alpha value is -2.45. The van der Waals surface area contributed by atoms with Crippen LogP contribution in [0, 0.1) is 11.3 Å². The first-order valence-electron chi connectivity index (χ1n) is 12.9. The van der Waals surface area contributed by atoms with Crippen LogP contribution in [0.2, 0.25) is 0 Å². The fraction of sp³-hybridized carbons (Fsp3) is 0.654. The molecule has 3 aliphatic heterocycles. The summed E-state index contributed by atoms with van der Waals surface area (Å²) < 4.78 is 5.52. The minimum Gasteiger partial charge on any atom is -0.383 e. The Morgan fingerprint density at radius 3 is 2.76 bits per heavy atom. The number of anilines is 1. The summed E-state index contributed by atoms with van der Waals surface area (Å²) in [6.07, 6.45) is 5.91. The second kappa shape index (κ2) is 8.64. The van der Waals surface area contributed by atoms with Gasteiger partial charge in [0.2, 0.25) is 5.91 Å². The molecule has 8 heteroatoms. The minimum absolute atomic E-state index is 0.0839. The number of benzene rings is 1. The quantitative estimate of drug-likeness (QED) is 0.693. The van der Waals surface area contributed by atoms with Crippen molar-refractivity contribution in [2.75, 3.05) is 37.6 Å². The van der Waals surface area contributed by atoms with E-state index in [0.717, 1.165) is 87.9 Å². The zero-order valence-electron chi connectivity index (χ0n) is 19.7. The molecule has 1 N–H and O–H groups in total. The SMILES string of the molecule is O=C1CC2(CCCC2)C(O)C(=O)N1CCC1CCC2CN(c3noc4ccccc34)CCN2C1. The highest BCUT2D eigenvalue weighted by Crippen LogP contribution is 2.47. The summed E-state index contributed by atoms with van der Waals surface area (Å²) in [6.45, 7) is 4.27. The van der Waals surface area contributed by atoms with E-state index < -0.39 is 11.5 Å². The van der Waals surface area contributed by atoms with E-state index in [4.69, 9.17) is 4.52 Å². The number of carbonyl (C=O) groups is 2. The van der Waals surface area contributed by atoms with Crippen LogP contribution in [0.15, 0.2) is 28.8 Å². The standard InChI is InChI=1S/C26H34N4O4/c31-22-15-26(10-3-4-11-26)23(32)25(33)30(22)12-9-18-7-8-19-17-29(14-13-28(19)16-18)24-20-5-1-2-6-21(20)34-27-24/h1-2,5-6,18-19,23,32H,3-4,7-17H2. The van der Waals surface area contributed by atoms with Crippen molar-refractivity contribution in [3.63, 3.8) is 0 Å². The van der Waals surface area contributed by atoms with Gasteiger partial charge >= 0.3 is 0 Å². The molecule has 182 valence electrons. The van der Waals surface area contributed by atoms with Gasteiger partial charge in [-0.05, 0) is 50.2 Å². The second-order valence-electron chi connectivity index (χ2n) is 10.9. The smallest absolute Gasteiger partial charge is 0.258 e. The number of carbonyl (C=O) groups excluding carboxylic acids is 2. The third-order valence-electron chi connectivity index (χ3n) is 8.91. The summed E-state index contributed by atoms with van der Waals surface area (Å²) >= 11 is 0. The van der Waals surface area contributed by atoms with E-state index in [1.165, 1.54) is 4.90 Å². The average molecular weight is 467 g/mol. The van der Waals surface area contributed by atoms with Crippen LogP contribution in [0.25, 0.3) is 11.0 Å². The summed E-state index contributed by atoms with van der Waals surface area (Å²) in [5, 5.41) is 16.1. The summed E-state index contributed by atoms with van der Waals surface area (Å²) in [4.78, 5) is 31.9. The van der Waals surface area contributed by atoms with E-state index in [9.17, 15) is 14.7 Å². The van der Waals surface area contributed by atoms with Gasteiger partial charge in [-0.3, -0.25) is 19.4 Å². The molecule has 3 atom stereocenters. The van der Waals surface area contributed by atoms with Crippen LogP contribution in [-0.4, -0.2) is 76.7 Å². The highest BCUT2D eigenvalue weighted by Gasteiger charge is 2.52. The molecule has 2 amide bonds. The zero-order chi connectivity index (χ0) is 23.3. The van der Waals surface area contributed by atoms with E-state index in [0.29, 0.717) is 24.9 Å². The Morgan fingerprint density at radius 2 is 1.91 bits per heavy atom. The Bertz CT molecular complexity index is 1080. The van der Waals surface area contributed by atoms with Crippen LogP contribution in [0.5, 0.6) is 0 Å². The molecule has 4 aliphatic rings. The van der Waals surface area contributed by atoms with Crippen molar-refractivity contribution in [1.29, 1.82) is 0 Å². The molecule has 3 saturated heterocycles. The molecule has 4 heterocycles. The largest absolute Gasteiger partial charge is 0.383 e.